The van der Waals surface area contributed by atoms with Crippen LogP contribution in [0.4, 0.5) is 0 Å². The molecule has 2 aromatic rings. The summed E-state index contributed by atoms with van der Waals surface area (Å²) in [6.45, 7) is 4.29. The predicted octanol–water partition coefficient (Wildman–Crippen LogP) is 1.46. The monoisotopic (exact) mass is 203 g/mol. The zero-order chi connectivity index (χ0) is 10.7. The van der Waals surface area contributed by atoms with Crippen molar-refractivity contribution in [1.29, 1.82) is 0 Å². The maximum absolute atomic E-state index is 4.35. The first-order valence-electron chi connectivity index (χ1n) is 4.95. The summed E-state index contributed by atoms with van der Waals surface area (Å²) in [5, 5.41) is 14.7. The molecule has 0 unspecified atom stereocenters. The standard InChI is InChI=1S/C10H13N5/c1-7(2)6-9-12-10(15-14-9)8-4-3-5-11-13-8/h3-5,7H,6H2,1-2H3,(H,12,14,15). The van der Waals surface area contributed by atoms with Gasteiger partial charge in [0.25, 0.3) is 0 Å². The minimum Gasteiger partial charge on any atom is -0.263 e. The number of hydrogen-bond donors (Lipinski definition) is 1. The summed E-state index contributed by atoms with van der Waals surface area (Å²) >= 11 is 0. The van der Waals surface area contributed by atoms with Gasteiger partial charge in [-0.25, -0.2) is 4.98 Å². The molecule has 0 aliphatic heterocycles. The summed E-state index contributed by atoms with van der Waals surface area (Å²) in [4.78, 5) is 4.35. The third kappa shape index (κ3) is 2.37. The van der Waals surface area contributed by atoms with E-state index in [4.69, 9.17) is 0 Å². The highest BCUT2D eigenvalue weighted by Crippen LogP contribution is 2.10. The first-order valence-corrected chi connectivity index (χ1v) is 4.95. The molecule has 0 aliphatic rings. The van der Waals surface area contributed by atoms with Crippen LogP contribution in [0.5, 0.6) is 0 Å². The molecule has 0 amide bonds. The van der Waals surface area contributed by atoms with Gasteiger partial charge in [-0.15, -0.1) is 5.10 Å². The van der Waals surface area contributed by atoms with E-state index >= 15 is 0 Å². The molecule has 15 heavy (non-hydrogen) atoms. The first kappa shape index (κ1) is 9.76. The Balaban J connectivity index is 2.21. The second kappa shape index (κ2) is 4.16. The summed E-state index contributed by atoms with van der Waals surface area (Å²) in [5.74, 6) is 2.07. The number of aromatic nitrogens is 5. The minimum absolute atomic E-state index is 0.563. The Kier molecular flexibility index (Phi) is 2.71. The van der Waals surface area contributed by atoms with Crippen molar-refractivity contribution in [3.8, 4) is 11.5 Å². The van der Waals surface area contributed by atoms with Crippen LogP contribution in [0.1, 0.15) is 19.7 Å². The quantitative estimate of drug-likeness (QED) is 0.820. The largest absolute Gasteiger partial charge is 0.263 e. The molecule has 0 aromatic carbocycles. The highest BCUT2D eigenvalue weighted by atomic mass is 15.2. The van der Waals surface area contributed by atoms with Crippen molar-refractivity contribution in [3.63, 3.8) is 0 Å². The fourth-order valence-corrected chi connectivity index (χ4v) is 1.31. The van der Waals surface area contributed by atoms with Gasteiger partial charge in [-0.2, -0.15) is 10.2 Å². The van der Waals surface area contributed by atoms with E-state index < -0.39 is 0 Å². The molecule has 78 valence electrons. The lowest BCUT2D eigenvalue weighted by Crippen LogP contribution is -1.96. The Morgan fingerprint density at radius 1 is 1.40 bits per heavy atom. The highest BCUT2D eigenvalue weighted by Gasteiger charge is 2.07. The van der Waals surface area contributed by atoms with Crippen molar-refractivity contribution >= 4 is 0 Å². The Morgan fingerprint density at radius 3 is 2.93 bits per heavy atom. The molecule has 0 aliphatic carbocycles. The van der Waals surface area contributed by atoms with Crippen molar-refractivity contribution in [3.05, 3.63) is 24.2 Å². The topological polar surface area (TPSA) is 67.3 Å². The summed E-state index contributed by atoms with van der Waals surface area (Å²) in [7, 11) is 0. The van der Waals surface area contributed by atoms with Gasteiger partial charge in [-0.3, -0.25) is 5.10 Å². The molecule has 0 saturated carbocycles. The molecule has 0 spiro atoms. The number of H-pyrrole nitrogens is 1. The van der Waals surface area contributed by atoms with Gasteiger partial charge < -0.3 is 0 Å². The number of rotatable bonds is 3. The van der Waals surface area contributed by atoms with E-state index in [-0.39, 0.29) is 0 Å². The predicted molar refractivity (Wildman–Crippen MR) is 56.0 cm³/mol. The lowest BCUT2D eigenvalue weighted by molar-refractivity contribution is 0.622. The average molecular weight is 203 g/mol. The van der Waals surface area contributed by atoms with E-state index in [2.05, 4.69) is 39.2 Å². The molecular weight excluding hydrogens is 190 g/mol. The van der Waals surface area contributed by atoms with Crippen molar-refractivity contribution in [2.45, 2.75) is 20.3 Å². The molecule has 0 atom stereocenters. The van der Waals surface area contributed by atoms with Gasteiger partial charge in [0.15, 0.2) is 0 Å². The van der Waals surface area contributed by atoms with E-state index in [0.717, 1.165) is 12.2 Å². The number of nitrogens with zero attached hydrogens (tertiary/aromatic N) is 4. The van der Waals surface area contributed by atoms with Crippen LogP contribution in [0, 0.1) is 5.92 Å². The SMILES string of the molecule is CC(C)Cc1nc(-c2cccnn2)n[nH]1. The Hall–Kier alpha value is -1.78. The third-order valence-corrected chi connectivity index (χ3v) is 1.93. The summed E-state index contributed by atoms with van der Waals surface area (Å²) in [6.07, 6.45) is 2.53. The summed E-state index contributed by atoms with van der Waals surface area (Å²) in [6, 6.07) is 3.66. The van der Waals surface area contributed by atoms with Crippen molar-refractivity contribution in [2.75, 3.05) is 0 Å². The molecule has 2 aromatic heterocycles. The molecule has 2 heterocycles. The number of hydrogen-bond acceptors (Lipinski definition) is 4. The van der Waals surface area contributed by atoms with Gasteiger partial charge in [0.05, 0.1) is 0 Å². The van der Waals surface area contributed by atoms with Crippen LogP contribution in [-0.2, 0) is 6.42 Å². The zero-order valence-corrected chi connectivity index (χ0v) is 8.81. The van der Waals surface area contributed by atoms with Gasteiger partial charge in [-0.1, -0.05) is 13.8 Å². The van der Waals surface area contributed by atoms with Crippen LogP contribution < -0.4 is 0 Å². The number of nitrogens with one attached hydrogen (secondary N) is 1. The van der Waals surface area contributed by atoms with E-state index in [1.54, 1.807) is 6.20 Å². The molecule has 0 fully saturated rings. The first-order chi connectivity index (χ1) is 7.25. The van der Waals surface area contributed by atoms with Crippen molar-refractivity contribution in [2.24, 2.45) is 5.92 Å². The average Bonchev–Trinajstić information content (AvgIpc) is 2.67. The fraction of sp³-hybridized carbons (Fsp3) is 0.400. The second-order valence-corrected chi connectivity index (χ2v) is 3.81. The van der Waals surface area contributed by atoms with Crippen LogP contribution in [0.3, 0.4) is 0 Å². The van der Waals surface area contributed by atoms with Crippen molar-refractivity contribution in [1.82, 2.24) is 25.4 Å². The van der Waals surface area contributed by atoms with Gasteiger partial charge in [0.1, 0.15) is 11.5 Å². The molecule has 0 saturated heterocycles. The van der Waals surface area contributed by atoms with Gasteiger partial charge in [-0.05, 0) is 18.1 Å². The molecule has 0 radical (unpaired) electrons. The van der Waals surface area contributed by atoms with Crippen LogP contribution in [0.25, 0.3) is 11.5 Å². The van der Waals surface area contributed by atoms with E-state index in [1.807, 2.05) is 12.1 Å². The Labute approximate surface area is 88.0 Å². The van der Waals surface area contributed by atoms with E-state index in [1.165, 1.54) is 0 Å². The molecule has 1 N–H and O–H groups in total. The Bertz CT molecular complexity index is 420. The molecule has 5 heteroatoms. The molecular formula is C10H13N5. The molecule has 0 bridgehead atoms. The molecule has 5 nitrogen and oxygen atoms in total. The lowest BCUT2D eigenvalue weighted by Gasteiger charge is -1.97. The molecule has 2 rings (SSSR count). The smallest absolute Gasteiger partial charge is 0.201 e. The van der Waals surface area contributed by atoms with Gasteiger partial charge >= 0.3 is 0 Å². The van der Waals surface area contributed by atoms with Crippen LogP contribution in [0.15, 0.2) is 18.3 Å². The van der Waals surface area contributed by atoms with E-state index in [0.29, 0.717) is 17.4 Å². The summed E-state index contributed by atoms with van der Waals surface area (Å²) < 4.78 is 0. The maximum Gasteiger partial charge on any atom is 0.201 e. The second-order valence-electron chi connectivity index (χ2n) is 3.81. The Morgan fingerprint density at radius 2 is 2.27 bits per heavy atom. The van der Waals surface area contributed by atoms with Gasteiger partial charge in [0, 0.05) is 12.6 Å². The van der Waals surface area contributed by atoms with E-state index in [9.17, 15) is 0 Å². The zero-order valence-electron chi connectivity index (χ0n) is 8.81. The van der Waals surface area contributed by atoms with Crippen molar-refractivity contribution < 1.29 is 0 Å². The maximum atomic E-state index is 4.35. The van der Waals surface area contributed by atoms with Gasteiger partial charge in [0.2, 0.25) is 5.82 Å². The lowest BCUT2D eigenvalue weighted by atomic mass is 10.1. The van der Waals surface area contributed by atoms with Crippen LogP contribution >= 0.6 is 0 Å². The van der Waals surface area contributed by atoms with Crippen LogP contribution in [-0.4, -0.2) is 25.4 Å². The summed E-state index contributed by atoms with van der Waals surface area (Å²) in [5.41, 5.74) is 0.698. The fourth-order valence-electron chi connectivity index (χ4n) is 1.31. The normalized spacial score (nSPS) is 10.9. The van der Waals surface area contributed by atoms with Crippen LogP contribution in [0.2, 0.25) is 0 Å². The third-order valence-electron chi connectivity index (χ3n) is 1.93. The minimum atomic E-state index is 0.563. The number of aromatic amines is 1. The highest BCUT2D eigenvalue weighted by molar-refractivity contribution is 5.46.